The molecule has 0 fully saturated rings. The molecule has 1 amide bonds. The van der Waals surface area contributed by atoms with E-state index >= 15 is 0 Å². The molecular formula is C20H19N3O3. The summed E-state index contributed by atoms with van der Waals surface area (Å²) < 4.78 is 6.68. The zero-order chi connectivity index (χ0) is 18.4. The van der Waals surface area contributed by atoms with E-state index in [2.05, 4.69) is 10.3 Å². The number of amides is 1. The smallest absolute Gasteiger partial charge is 0.254 e. The number of benzene rings is 2. The zero-order valence-electron chi connectivity index (χ0n) is 14.4. The number of hydrogen-bond acceptors (Lipinski definition) is 4. The van der Waals surface area contributed by atoms with E-state index in [4.69, 9.17) is 4.74 Å². The maximum absolute atomic E-state index is 12.3. The molecular weight excluding hydrogens is 330 g/mol. The van der Waals surface area contributed by atoms with Crippen LogP contribution in [0.5, 0.6) is 5.75 Å². The number of nitrogens with one attached hydrogen (secondary N) is 1. The van der Waals surface area contributed by atoms with Crippen LogP contribution in [0.15, 0.2) is 71.8 Å². The Morgan fingerprint density at radius 3 is 2.50 bits per heavy atom. The Morgan fingerprint density at radius 2 is 1.85 bits per heavy atom. The molecule has 2 aromatic carbocycles. The van der Waals surface area contributed by atoms with E-state index in [1.54, 1.807) is 12.1 Å². The lowest BCUT2D eigenvalue weighted by Gasteiger charge is -2.08. The number of carbonyl (C=O) groups is 1. The fourth-order valence-electron chi connectivity index (χ4n) is 2.47. The molecule has 3 rings (SSSR count). The van der Waals surface area contributed by atoms with Gasteiger partial charge in [-0.15, -0.1) is 0 Å². The van der Waals surface area contributed by atoms with Gasteiger partial charge < -0.3 is 10.1 Å². The number of anilines is 1. The highest BCUT2D eigenvalue weighted by Gasteiger charge is 2.08. The third-order valence-electron chi connectivity index (χ3n) is 3.71. The highest BCUT2D eigenvalue weighted by Crippen LogP contribution is 2.19. The van der Waals surface area contributed by atoms with Gasteiger partial charge >= 0.3 is 0 Å². The van der Waals surface area contributed by atoms with Crippen LogP contribution in [0.1, 0.15) is 6.92 Å². The van der Waals surface area contributed by atoms with Crippen LogP contribution >= 0.6 is 0 Å². The molecule has 0 saturated carbocycles. The topological polar surface area (TPSA) is 73.2 Å². The molecule has 132 valence electrons. The average molecular weight is 349 g/mol. The Kier molecular flexibility index (Phi) is 5.43. The molecule has 6 heteroatoms. The predicted molar refractivity (Wildman–Crippen MR) is 100 cm³/mol. The molecule has 1 heterocycles. The van der Waals surface area contributed by atoms with Crippen molar-refractivity contribution in [1.82, 2.24) is 9.55 Å². The second kappa shape index (κ2) is 8.11. The summed E-state index contributed by atoms with van der Waals surface area (Å²) in [6, 6.07) is 17.9. The van der Waals surface area contributed by atoms with Crippen molar-refractivity contribution < 1.29 is 9.53 Å². The molecule has 0 aliphatic carbocycles. The lowest BCUT2D eigenvalue weighted by Crippen LogP contribution is -2.27. The Labute approximate surface area is 151 Å². The van der Waals surface area contributed by atoms with Crippen molar-refractivity contribution in [3.8, 4) is 17.0 Å². The molecule has 0 aliphatic heterocycles. The van der Waals surface area contributed by atoms with Crippen LogP contribution in [0.4, 0.5) is 5.69 Å². The molecule has 0 bridgehead atoms. The van der Waals surface area contributed by atoms with Crippen molar-refractivity contribution in [3.63, 3.8) is 0 Å². The molecule has 0 radical (unpaired) electrons. The maximum atomic E-state index is 12.3. The molecule has 0 spiro atoms. The van der Waals surface area contributed by atoms with Gasteiger partial charge in [-0.25, -0.2) is 4.98 Å². The van der Waals surface area contributed by atoms with Gasteiger partial charge in [-0.3, -0.25) is 14.2 Å². The van der Waals surface area contributed by atoms with Gasteiger partial charge in [-0.05, 0) is 43.3 Å². The molecule has 0 saturated heterocycles. The third-order valence-corrected chi connectivity index (χ3v) is 3.71. The number of hydrogen-bond donors (Lipinski definition) is 1. The second-order valence-electron chi connectivity index (χ2n) is 5.61. The molecule has 3 aromatic rings. The molecule has 26 heavy (non-hydrogen) atoms. The van der Waals surface area contributed by atoms with E-state index in [1.165, 1.54) is 17.0 Å². The van der Waals surface area contributed by atoms with Crippen LogP contribution in [0.3, 0.4) is 0 Å². The zero-order valence-corrected chi connectivity index (χ0v) is 14.4. The summed E-state index contributed by atoms with van der Waals surface area (Å²) in [6.07, 6.45) is 1.39. The maximum Gasteiger partial charge on any atom is 0.254 e. The van der Waals surface area contributed by atoms with E-state index in [0.29, 0.717) is 18.0 Å². The molecule has 6 nitrogen and oxygen atoms in total. The number of aromatic nitrogens is 2. The largest absolute Gasteiger partial charge is 0.494 e. The summed E-state index contributed by atoms with van der Waals surface area (Å²) in [7, 11) is 0. The highest BCUT2D eigenvalue weighted by atomic mass is 16.5. The summed E-state index contributed by atoms with van der Waals surface area (Å²) in [5.41, 5.74) is 1.76. The minimum Gasteiger partial charge on any atom is -0.494 e. The van der Waals surface area contributed by atoms with Crippen LogP contribution in [-0.2, 0) is 11.3 Å². The van der Waals surface area contributed by atoms with Crippen LogP contribution in [0.2, 0.25) is 0 Å². The summed E-state index contributed by atoms with van der Waals surface area (Å²) in [4.78, 5) is 28.7. The van der Waals surface area contributed by atoms with E-state index < -0.39 is 0 Å². The number of ether oxygens (including phenoxy) is 1. The molecule has 1 N–H and O–H groups in total. The first-order chi connectivity index (χ1) is 12.7. The average Bonchev–Trinajstić information content (AvgIpc) is 2.65. The summed E-state index contributed by atoms with van der Waals surface area (Å²) in [5.74, 6) is 0.482. The van der Waals surface area contributed by atoms with Crippen molar-refractivity contribution in [1.29, 1.82) is 0 Å². The normalized spacial score (nSPS) is 10.3. The van der Waals surface area contributed by atoms with Crippen LogP contribution < -0.4 is 15.6 Å². The van der Waals surface area contributed by atoms with Crippen LogP contribution in [0.25, 0.3) is 11.3 Å². The van der Waals surface area contributed by atoms with Crippen molar-refractivity contribution >= 4 is 11.6 Å². The van der Waals surface area contributed by atoms with E-state index in [9.17, 15) is 9.59 Å². The Bertz CT molecular complexity index is 935. The molecule has 0 aliphatic rings. The lowest BCUT2D eigenvalue weighted by molar-refractivity contribution is -0.116. The van der Waals surface area contributed by atoms with Gasteiger partial charge in [-0.2, -0.15) is 0 Å². The van der Waals surface area contributed by atoms with Gasteiger partial charge in [0.1, 0.15) is 12.3 Å². The number of nitrogens with zero attached hydrogens (tertiary/aromatic N) is 2. The van der Waals surface area contributed by atoms with Gasteiger partial charge in [0, 0.05) is 17.3 Å². The van der Waals surface area contributed by atoms with Crippen LogP contribution in [-0.4, -0.2) is 22.1 Å². The second-order valence-corrected chi connectivity index (χ2v) is 5.61. The first-order valence-electron chi connectivity index (χ1n) is 8.30. The van der Waals surface area contributed by atoms with Gasteiger partial charge in [0.05, 0.1) is 18.6 Å². The van der Waals surface area contributed by atoms with Gasteiger partial charge in [0.15, 0.2) is 0 Å². The Balaban J connectivity index is 1.71. The van der Waals surface area contributed by atoms with Gasteiger partial charge in [0.2, 0.25) is 5.91 Å². The minimum atomic E-state index is -0.285. The third kappa shape index (κ3) is 4.36. The fourth-order valence-corrected chi connectivity index (χ4v) is 2.47. The number of carbonyl (C=O) groups excluding carboxylic acids is 1. The lowest BCUT2D eigenvalue weighted by atomic mass is 10.1. The van der Waals surface area contributed by atoms with Crippen molar-refractivity contribution in [2.24, 2.45) is 0 Å². The van der Waals surface area contributed by atoms with Crippen molar-refractivity contribution in [2.75, 3.05) is 11.9 Å². The highest BCUT2D eigenvalue weighted by molar-refractivity contribution is 5.90. The Morgan fingerprint density at radius 1 is 1.12 bits per heavy atom. The summed E-state index contributed by atoms with van der Waals surface area (Å²) in [6.45, 7) is 2.42. The molecule has 0 unspecified atom stereocenters. The number of rotatable bonds is 6. The number of para-hydroxylation sites is 1. The standard InChI is InChI=1S/C20H19N3O3/c1-2-26-17-10-8-15(9-11-17)18-12-20(25)23(14-21-18)13-19(24)22-16-6-4-3-5-7-16/h3-12,14H,2,13H2,1H3,(H,22,24). The fraction of sp³-hybridized carbons (Fsp3) is 0.150. The van der Waals surface area contributed by atoms with Crippen molar-refractivity contribution in [2.45, 2.75) is 13.5 Å². The monoisotopic (exact) mass is 349 g/mol. The first-order valence-corrected chi connectivity index (χ1v) is 8.30. The molecule has 1 aromatic heterocycles. The summed E-state index contributed by atoms with van der Waals surface area (Å²) in [5, 5.41) is 2.74. The SMILES string of the molecule is CCOc1ccc(-c2cc(=O)n(CC(=O)Nc3ccccc3)cn2)cc1. The predicted octanol–water partition coefficient (Wildman–Crippen LogP) is 2.95. The van der Waals surface area contributed by atoms with Gasteiger partial charge in [0.25, 0.3) is 5.56 Å². The Hall–Kier alpha value is -3.41. The first kappa shape index (κ1) is 17.4. The van der Waals surface area contributed by atoms with E-state index in [0.717, 1.165) is 11.3 Å². The van der Waals surface area contributed by atoms with E-state index in [1.807, 2.05) is 49.4 Å². The minimum absolute atomic E-state index is 0.0930. The van der Waals surface area contributed by atoms with Crippen LogP contribution in [0, 0.1) is 0 Å². The van der Waals surface area contributed by atoms with E-state index in [-0.39, 0.29) is 18.0 Å². The van der Waals surface area contributed by atoms with Crippen molar-refractivity contribution in [3.05, 3.63) is 77.3 Å². The quantitative estimate of drug-likeness (QED) is 0.742. The van der Waals surface area contributed by atoms with Gasteiger partial charge in [-0.1, -0.05) is 18.2 Å². The summed E-state index contributed by atoms with van der Waals surface area (Å²) >= 11 is 0. The molecule has 0 atom stereocenters.